The van der Waals surface area contributed by atoms with Crippen molar-refractivity contribution < 1.29 is 14.4 Å². The normalized spacial score (nSPS) is 24.1. The molecule has 1 aromatic heterocycles. The summed E-state index contributed by atoms with van der Waals surface area (Å²) in [5, 5.41) is 15.9. The summed E-state index contributed by atoms with van der Waals surface area (Å²) < 4.78 is 4.98. The summed E-state index contributed by atoms with van der Waals surface area (Å²) in [5.74, 6) is 0.231. The van der Waals surface area contributed by atoms with E-state index in [0.717, 1.165) is 12.3 Å². The van der Waals surface area contributed by atoms with Crippen molar-refractivity contribution in [3.05, 3.63) is 17.5 Å². The monoisotopic (exact) mass is 252 g/mol. The lowest BCUT2D eigenvalue weighted by Gasteiger charge is -2.28. The molecule has 1 saturated carbocycles. The smallest absolute Gasteiger partial charge is 0.341 e. The molecule has 1 aliphatic carbocycles. The summed E-state index contributed by atoms with van der Waals surface area (Å²) in [7, 11) is 0. The molecule has 0 saturated heterocycles. The highest BCUT2D eigenvalue weighted by Crippen LogP contribution is 2.26. The Labute approximate surface area is 107 Å². The van der Waals surface area contributed by atoms with E-state index < -0.39 is 5.97 Å². The number of carbonyl (C=O) groups is 1. The first-order valence-corrected chi connectivity index (χ1v) is 6.61. The van der Waals surface area contributed by atoms with Crippen molar-refractivity contribution in [3.63, 3.8) is 0 Å². The first kappa shape index (κ1) is 13.1. The molecule has 5 nitrogen and oxygen atoms in total. The van der Waals surface area contributed by atoms with Crippen LogP contribution in [0.4, 0.5) is 0 Å². The van der Waals surface area contributed by atoms with Gasteiger partial charge in [0.1, 0.15) is 5.56 Å². The zero-order valence-corrected chi connectivity index (χ0v) is 10.7. The van der Waals surface area contributed by atoms with Crippen LogP contribution in [0.5, 0.6) is 0 Å². The van der Waals surface area contributed by atoms with E-state index in [1.807, 2.05) is 0 Å². The van der Waals surface area contributed by atoms with Gasteiger partial charge in [0.2, 0.25) is 0 Å². The Morgan fingerprint density at radius 1 is 1.61 bits per heavy atom. The van der Waals surface area contributed by atoms with Crippen molar-refractivity contribution in [2.75, 3.05) is 0 Å². The van der Waals surface area contributed by atoms with E-state index in [9.17, 15) is 4.79 Å². The van der Waals surface area contributed by atoms with Crippen LogP contribution in [0, 0.1) is 5.92 Å². The van der Waals surface area contributed by atoms with Gasteiger partial charge in [0, 0.05) is 6.04 Å². The van der Waals surface area contributed by atoms with Crippen molar-refractivity contribution in [2.24, 2.45) is 5.92 Å². The van der Waals surface area contributed by atoms with Crippen molar-refractivity contribution in [1.29, 1.82) is 0 Å². The molecule has 0 bridgehead atoms. The molecule has 100 valence electrons. The highest BCUT2D eigenvalue weighted by atomic mass is 16.5. The maximum Gasteiger partial charge on any atom is 0.341 e. The molecular formula is C13H20N2O3. The summed E-state index contributed by atoms with van der Waals surface area (Å²) >= 11 is 0. The fraction of sp³-hybridized carbons (Fsp3) is 0.692. The van der Waals surface area contributed by atoms with Gasteiger partial charge in [-0.1, -0.05) is 31.3 Å². The molecule has 0 aromatic carbocycles. The zero-order chi connectivity index (χ0) is 13.0. The van der Waals surface area contributed by atoms with E-state index >= 15 is 0 Å². The number of carboxylic acids is 1. The van der Waals surface area contributed by atoms with E-state index in [0.29, 0.717) is 18.3 Å². The molecule has 1 aliphatic rings. The van der Waals surface area contributed by atoms with Crippen molar-refractivity contribution in [3.8, 4) is 0 Å². The van der Waals surface area contributed by atoms with E-state index in [2.05, 4.69) is 17.4 Å². The van der Waals surface area contributed by atoms with Crippen LogP contribution in [0.3, 0.4) is 0 Å². The third-order valence-corrected chi connectivity index (χ3v) is 3.79. The van der Waals surface area contributed by atoms with Crippen LogP contribution in [-0.4, -0.2) is 22.3 Å². The molecule has 0 radical (unpaired) electrons. The molecule has 2 rings (SSSR count). The second-order valence-corrected chi connectivity index (χ2v) is 4.99. The van der Waals surface area contributed by atoms with Gasteiger partial charge in [0.15, 0.2) is 5.76 Å². The van der Waals surface area contributed by atoms with E-state index in [-0.39, 0.29) is 5.56 Å². The van der Waals surface area contributed by atoms with Crippen LogP contribution in [-0.2, 0) is 6.54 Å². The van der Waals surface area contributed by atoms with Crippen LogP contribution >= 0.6 is 0 Å². The zero-order valence-electron chi connectivity index (χ0n) is 10.7. The second-order valence-electron chi connectivity index (χ2n) is 4.99. The molecule has 0 spiro atoms. The Hall–Kier alpha value is -1.36. The summed E-state index contributed by atoms with van der Waals surface area (Å²) in [6.45, 7) is 2.68. The number of carboxylic acid groups (broad SMARTS) is 1. The Morgan fingerprint density at radius 3 is 3.17 bits per heavy atom. The molecule has 2 atom stereocenters. The number of rotatable bonds is 5. The summed E-state index contributed by atoms with van der Waals surface area (Å²) in [6.07, 6.45) is 7.38. The first-order chi connectivity index (χ1) is 8.70. The van der Waals surface area contributed by atoms with Crippen LogP contribution in [0.25, 0.3) is 0 Å². The van der Waals surface area contributed by atoms with Gasteiger partial charge in [0.05, 0.1) is 12.7 Å². The van der Waals surface area contributed by atoms with Gasteiger partial charge in [0.25, 0.3) is 0 Å². The maximum absolute atomic E-state index is 10.9. The molecule has 0 aliphatic heterocycles. The van der Waals surface area contributed by atoms with Gasteiger partial charge < -0.3 is 14.9 Å². The maximum atomic E-state index is 10.9. The van der Waals surface area contributed by atoms with Gasteiger partial charge >= 0.3 is 5.97 Å². The Bertz CT molecular complexity index is 403. The minimum atomic E-state index is -0.983. The van der Waals surface area contributed by atoms with Crippen molar-refractivity contribution in [1.82, 2.24) is 10.5 Å². The first-order valence-electron chi connectivity index (χ1n) is 6.61. The highest BCUT2D eigenvalue weighted by molar-refractivity contribution is 5.88. The largest absolute Gasteiger partial charge is 0.478 e. The van der Waals surface area contributed by atoms with Crippen molar-refractivity contribution in [2.45, 2.75) is 51.6 Å². The van der Waals surface area contributed by atoms with Gasteiger partial charge in [-0.3, -0.25) is 0 Å². The van der Waals surface area contributed by atoms with Crippen LogP contribution in [0.1, 0.15) is 55.1 Å². The van der Waals surface area contributed by atoms with Crippen LogP contribution < -0.4 is 5.32 Å². The molecule has 1 aromatic rings. The summed E-state index contributed by atoms with van der Waals surface area (Å²) in [4.78, 5) is 10.9. The number of nitrogens with zero attached hydrogens (tertiary/aromatic N) is 1. The number of hydrogen-bond donors (Lipinski definition) is 2. The number of aromatic nitrogens is 1. The SMILES string of the molecule is CCC1CCCC(NCc2oncc2C(=O)O)C1. The van der Waals surface area contributed by atoms with E-state index in [1.165, 1.54) is 31.9 Å². The van der Waals surface area contributed by atoms with Crippen LogP contribution in [0.2, 0.25) is 0 Å². The Balaban J connectivity index is 1.87. The number of aromatic carboxylic acids is 1. The molecule has 18 heavy (non-hydrogen) atoms. The summed E-state index contributed by atoms with van der Waals surface area (Å²) in [6, 6.07) is 0.468. The standard InChI is InChI=1S/C13H20N2O3/c1-2-9-4-3-5-10(6-9)14-8-12-11(13(16)17)7-15-18-12/h7,9-10,14H,2-6,8H2,1H3,(H,16,17). The molecule has 2 unspecified atom stereocenters. The minimum Gasteiger partial charge on any atom is -0.478 e. The molecule has 2 N–H and O–H groups in total. The Morgan fingerprint density at radius 2 is 2.44 bits per heavy atom. The highest BCUT2D eigenvalue weighted by Gasteiger charge is 2.22. The van der Waals surface area contributed by atoms with E-state index in [4.69, 9.17) is 9.63 Å². The fourth-order valence-corrected chi connectivity index (χ4v) is 2.65. The predicted octanol–water partition coefficient (Wildman–Crippen LogP) is 2.43. The fourth-order valence-electron chi connectivity index (χ4n) is 2.65. The second kappa shape index (κ2) is 6.00. The number of nitrogens with one attached hydrogen (secondary N) is 1. The molecule has 5 heteroatoms. The molecule has 1 fully saturated rings. The quantitative estimate of drug-likeness (QED) is 0.841. The third-order valence-electron chi connectivity index (χ3n) is 3.79. The third kappa shape index (κ3) is 3.10. The Kier molecular flexibility index (Phi) is 4.36. The van der Waals surface area contributed by atoms with Gasteiger partial charge in [-0.05, 0) is 18.8 Å². The topological polar surface area (TPSA) is 75.4 Å². The molecule has 1 heterocycles. The predicted molar refractivity (Wildman–Crippen MR) is 66.3 cm³/mol. The van der Waals surface area contributed by atoms with Gasteiger partial charge in [-0.15, -0.1) is 0 Å². The number of hydrogen-bond acceptors (Lipinski definition) is 4. The average molecular weight is 252 g/mol. The lowest BCUT2D eigenvalue weighted by atomic mass is 9.84. The summed E-state index contributed by atoms with van der Waals surface area (Å²) in [5.41, 5.74) is 0.158. The average Bonchev–Trinajstić information content (AvgIpc) is 2.85. The van der Waals surface area contributed by atoms with Crippen molar-refractivity contribution >= 4 is 5.97 Å². The molecular weight excluding hydrogens is 232 g/mol. The van der Waals surface area contributed by atoms with Gasteiger partial charge in [-0.2, -0.15) is 0 Å². The lowest BCUT2D eigenvalue weighted by Crippen LogP contribution is -2.33. The lowest BCUT2D eigenvalue weighted by molar-refractivity contribution is 0.0694. The molecule has 0 amide bonds. The minimum absolute atomic E-state index is 0.158. The van der Waals surface area contributed by atoms with Gasteiger partial charge in [-0.25, -0.2) is 4.79 Å². The van der Waals surface area contributed by atoms with E-state index in [1.54, 1.807) is 0 Å². The van der Waals surface area contributed by atoms with Crippen LogP contribution in [0.15, 0.2) is 10.7 Å².